The Morgan fingerprint density at radius 1 is 1.15 bits per heavy atom. The molecule has 1 aliphatic rings. The summed E-state index contributed by atoms with van der Waals surface area (Å²) < 4.78 is 39.9. The molecular formula is C20H22F3N3O. The van der Waals surface area contributed by atoms with Crippen LogP contribution < -0.4 is 11.1 Å². The first-order valence-electron chi connectivity index (χ1n) is 8.83. The second-order valence-electron chi connectivity index (χ2n) is 6.93. The highest BCUT2D eigenvalue weighted by molar-refractivity contribution is 6.04. The number of carbonyl (C=O) groups is 1. The molecule has 0 atom stereocenters. The lowest BCUT2D eigenvalue weighted by Gasteiger charge is -2.17. The molecule has 1 aliphatic heterocycles. The monoisotopic (exact) mass is 377 g/mol. The second-order valence-corrected chi connectivity index (χ2v) is 6.93. The molecule has 2 aromatic rings. The number of nitrogen functional groups attached to an aromatic ring is 1. The molecule has 0 radical (unpaired) electrons. The van der Waals surface area contributed by atoms with Gasteiger partial charge in [0.2, 0.25) is 0 Å². The Morgan fingerprint density at radius 3 is 2.48 bits per heavy atom. The standard InChI is InChI=1S/C20H22F3N3O/c1-13-4-5-17(11-18(13)24)25-19(27)15-8-14(12-26-6-2-3-7-26)9-16(10-15)20(21,22)23/h4-5,8-11H,2-3,6-7,12,24H2,1H3,(H,25,27). The molecule has 7 heteroatoms. The number of hydrogen-bond donors (Lipinski definition) is 2. The lowest BCUT2D eigenvalue weighted by molar-refractivity contribution is -0.137. The second kappa shape index (κ2) is 7.60. The van der Waals surface area contributed by atoms with E-state index in [9.17, 15) is 18.0 Å². The molecule has 2 aromatic carbocycles. The maximum absolute atomic E-state index is 13.3. The largest absolute Gasteiger partial charge is 0.416 e. The summed E-state index contributed by atoms with van der Waals surface area (Å²) in [5, 5.41) is 2.63. The molecule has 0 aromatic heterocycles. The first-order chi connectivity index (χ1) is 12.7. The van der Waals surface area contributed by atoms with Gasteiger partial charge in [-0.25, -0.2) is 0 Å². The third kappa shape index (κ3) is 4.80. The molecule has 27 heavy (non-hydrogen) atoms. The number of nitrogens with two attached hydrogens (primary N) is 1. The number of carbonyl (C=O) groups excluding carboxylic acids is 1. The van der Waals surface area contributed by atoms with Crippen LogP contribution in [0.1, 0.15) is 39.9 Å². The van der Waals surface area contributed by atoms with E-state index in [4.69, 9.17) is 5.73 Å². The molecule has 1 fully saturated rings. The fourth-order valence-corrected chi connectivity index (χ4v) is 3.20. The Labute approximate surface area is 156 Å². The number of nitrogens with zero attached hydrogens (tertiary/aromatic N) is 1. The Bertz CT molecular complexity index is 843. The van der Waals surface area contributed by atoms with Gasteiger partial charge in [0.15, 0.2) is 0 Å². The summed E-state index contributed by atoms with van der Waals surface area (Å²) >= 11 is 0. The Balaban J connectivity index is 1.87. The Kier molecular flexibility index (Phi) is 5.41. The number of nitrogens with one attached hydrogen (secondary N) is 1. The van der Waals surface area contributed by atoms with Crippen LogP contribution in [-0.4, -0.2) is 23.9 Å². The summed E-state index contributed by atoms with van der Waals surface area (Å²) in [4.78, 5) is 14.6. The lowest BCUT2D eigenvalue weighted by atomic mass is 10.0. The summed E-state index contributed by atoms with van der Waals surface area (Å²) in [6, 6.07) is 8.55. The molecule has 1 heterocycles. The topological polar surface area (TPSA) is 58.4 Å². The summed E-state index contributed by atoms with van der Waals surface area (Å²) in [5.74, 6) is -0.591. The average molecular weight is 377 g/mol. The predicted octanol–water partition coefficient (Wildman–Crippen LogP) is 4.44. The number of anilines is 2. The van der Waals surface area contributed by atoms with Crippen molar-refractivity contribution in [1.29, 1.82) is 0 Å². The highest BCUT2D eigenvalue weighted by Crippen LogP contribution is 2.31. The normalized spacial score (nSPS) is 15.1. The molecule has 3 rings (SSSR count). The minimum absolute atomic E-state index is 0.0156. The van der Waals surface area contributed by atoms with Crippen molar-refractivity contribution in [2.24, 2.45) is 0 Å². The fourth-order valence-electron chi connectivity index (χ4n) is 3.20. The first-order valence-corrected chi connectivity index (χ1v) is 8.83. The van der Waals surface area contributed by atoms with Crippen molar-refractivity contribution >= 4 is 17.3 Å². The zero-order chi connectivity index (χ0) is 19.6. The van der Waals surface area contributed by atoms with Crippen molar-refractivity contribution in [3.05, 3.63) is 58.7 Å². The maximum atomic E-state index is 13.3. The number of rotatable bonds is 4. The van der Waals surface area contributed by atoms with Crippen molar-refractivity contribution in [2.45, 2.75) is 32.5 Å². The minimum Gasteiger partial charge on any atom is -0.398 e. The summed E-state index contributed by atoms with van der Waals surface area (Å²) in [5.41, 5.74) is 7.30. The van der Waals surface area contributed by atoms with Crippen molar-refractivity contribution < 1.29 is 18.0 Å². The van der Waals surface area contributed by atoms with Gasteiger partial charge in [-0.05, 0) is 74.3 Å². The highest BCUT2D eigenvalue weighted by Gasteiger charge is 2.32. The van der Waals surface area contributed by atoms with Gasteiger partial charge in [0.25, 0.3) is 5.91 Å². The first kappa shape index (κ1) is 19.2. The number of likely N-dealkylation sites (tertiary alicyclic amines) is 1. The van der Waals surface area contributed by atoms with Crippen molar-refractivity contribution in [3.63, 3.8) is 0 Å². The number of hydrogen-bond acceptors (Lipinski definition) is 3. The third-order valence-corrected chi connectivity index (χ3v) is 4.72. The molecule has 1 amide bonds. The molecule has 1 saturated heterocycles. The van der Waals surface area contributed by atoms with E-state index in [-0.39, 0.29) is 5.56 Å². The van der Waals surface area contributed by atoms with Gasteiger partial charge in [-0.1, -0.05) is 6.07 Å². The molecule has 0 aliphatic carbocycles. The van der Waals surface area contributed by atoms with Gasteiger partial charge in [-0.3, -0.25) is 9.69 Å². The smallest absolute Gasteiger partial charge is 0.398 e. The van der Waals surface area contributed by atoms with Gasteiger partial charge < -0.3 is 11.1 Å². The van der Waals surface area contributed by atoms with E-state index < -0.39 is 17.6 Å². The van der Waals surface area contributed by atoms with Crippen molar-refractivity contribution in [1.82, 2.24) is 4.90 Å². The molecular weight excluding hydrogens is 355 g/mol. The average Bonchev–Trinajstić information content (AvgIpc) is 3.10. The SMILES string of the molecule is Cc1ccc(NC(=O)c2cc(CN3CCCC3)cc(C(F)(F)F)c2)cc1N. The Morgan fingerprint density at radius 2 is 1.85 bits per heavy atom. The van der Waals surface area contributed by atoms with Crippen LogP contribution in [0.25, 0.3) is 0 Å². The molecule has 0 saturated carbocycles. The fraction of sp³-hybridized carbons (Fsp3) is 0.350. The molecule has 0 bridgehead atoms. The van der Waals surface area contributed by atoms with E-state index in [1.807, 2.05) is 6.92 Å². The lowest BCUT2D eigenvalue weighted by Crippen LogP contribution is -2.20. The number of benzene rings is 2. The van der Waals surface area contributed by atoms with E-state index in [0.717, 1.165) is 43.6 Å². The zero-order valence-corrected chi connectivity index (χ0v) is 15.1. The maximum Gasteiger partial charge on any atom is 0.416 e. The van der Waals surface area contributed by atoms with Crippen molar-refractivity contribution in [2.75, 3.05) is 24.1 Å². The number of amides is 1. The van der Waals surface area contributed by atoms with Crippen molar-refractivity contribution in [3.8, 4) is 0 Å². The van der Waals surface area contributed by atoms with Gasteiger partial charge in [0.1, 0.15) is 0 Å². The predicted molar refractivity (Wildman–Crippen MR) is 99.5 cm³/mol. The highest BCUT2D eigenvalue weighted by atomic mass is 19.4. The van der Waals surface area contributed by atoms with E-state index >= 15 is 0 Å². The van der Waals surface area contributed by atoms with Crippen LogP contribution in [0.5, 0.6) is 0 Å². The zero-order valence-electron chi connectivity index (χ0n) is 15.1. The molecule has 4 nitrogen and oxygen atoms in total. The van der Waals surface area contributed by atoms with E-state index in [0.29, 0.717) is 23.5 Å². The molecule has 144 valence electrons. The summed E-state index contributed by atoms with van der Waals surface area (Å²) in [6.07, 6.45) is -2.42. The molecule has 3 N–H and O–H groups in total. The number of halogens is 3. The van der Waals surface area contributed by atoms with Gasteiger partial charge in [0, 0.05) is 23.5 Å². The van der Waals surface area contributed by atoms with Crippen LogP contribution in [0.3, 0.4) is 0 Å². The van der Waals surface area contributed by atoms with Gasteiger partial charge in [0.05, 0.1) is 5.56 Å². The van der Waals surface area contributed by atoms with Gasteiger partial charge in [-0.2, -0.15) is 13.2 Å². The summed E-state index contributed by atoms with van der Waals surface area (Å²) in [6.45, 7) is 3.96. The number of aryl methyl sites for hydroxylation is 1. The van der Waals surface area contributed by atoms with E-state index in [2.05, 4.69) is 10.2 Å². The van der Waals surface area contributed by atoms with Crippen LogP contribution in [0.4, 0.5) is 24.5 Å². The van der Waals surface area contributed by atoms with Crippen LogP contribution >= 0.6 is 0 Å². The van der Waals surface area contributed by atoms with Gasteiger partial charge in [-0.15, -0.1) is 0 Å². The van der Waals surface area contributed by atoms with Crippen LogP contribution in [0.15, 0.2) is 36.4 Å². The Hall–Kier alpha value is -2.54. The number of alkyl halides is 3. The summed E-state index contributed by atoms with van der Waals surface area (Å²) in [7, 11) is 0. The van der Waals surface area contributed by atoms with E-state index in [1.54, 1.807) is 18.2 Å². The van der Waals surface area contributed by atoms with E-state index in [1.165, 1.54) is 6.07 Å². The molecule has 0 unspecified atom stereocenters. The van der Waals surface area contributed by atoms with Crippen LogP contribution in [0, 0.1) is 6.92 Å². The molecule has 0 spiro atoms. The third-order valence-electron chi connectivity index (χ3n) is 4.72. The van der Waals surface area contributed by atoms with Crippen LogP contribution in [0.2, 0.25) is 0 Å². The minimum atomic E-state index is -4.51. The van der Waals surface area contributed by atoms with Crippen LogP contribution in [-0.2, 0) is 12.7 Å². The quantitative estimate of drug-likeness (QED) is 0.775. The van der Waals surface area contributed by atoms with Gasteiger partial charge >= 0.3 is 6.18 Å².